The maximum absolute atomic E-state index is 11.7. The van der Waals surface area contributed by atoms with Gasteiger partial charge in [-0.1, -0.05) is 30.3 Å². The van der Waals surface area contributed by atoms with E-state index in [4.69, 9.17) is 9.88 Å². The first-order chi connectivity index (χ1) is 11.4. The molecule has 0 saturated heterocycles. The van der Waals surface area contributed by atoms with Gasteiger partial charge in [0.1, 0.15) is 5.75 Å². The van der Waals surface area contributed by atoms with Gasteiger partial charge in [-0.05, 0) is 36.2 Å². The third kappa shape index (κ3) is 6.02. The highest BCUT2D eigenvalue weighted by Gasteiger charge is 2.07. The number of rotatable bonds is 8. The number of carbonyl (C=O) groups is 1. The van der Waals surface area contributed by atoms with Crippen LogP contribution < -0.4 is 15.2 Å². The molecule has 7 heteroatoms. The highest BCUT2D eigenvalue weighted by molar-refractivity contribution is 7.89. The fourth-order valence-electron chi connectivity index (χ4n) is 2.06. The number of ether oxygens (including phenoxy) is 1. The van der Waals surface area contributed by atoms with Gasteiger partial charge >= 0.3 is 0 Å². The molecule has 0 bridgehead atoms. The topological polar surface area (TPSA) is 98.5 Å². The second-order valence-electron chi connectivity index (χ2n) is 5.20. The lowest BCUT2D eigenvalue weighted by Gasteiger charge is -2.07. The van der Waals surface area contributed by atoms with Crippen LogP contribution in [0.15, 0.2) is 59.5 Å². The number of nitrogens with two attached hydrogens (primary N) is 1. The summed E-state index contributed by atoms with van der Waals surface area (Å²) in [6, 6.07) is 15.6. The van der Waals surface area contributed by atoms with Crippen molar-refractivity contribution in [2.24, 2.45) is 5.14 Å². The minimum atomic E-state index is -3.67. The number of nitrogens with one attached hydrogen (secondary N) is 1. The molecular weight excluding hydrogens is 328 g/mol. The SMILES string of the molecule is NS(=O)(=O)c1ccc(CCNC(=O)CCOc2ccccc2)cc1. The predicted octanol–water partition coefficient (Wildman–Crippen LogP) is 1.46. The third-order valence-electron chi connectivity index (χ3n) is 3.33. The van der Waals surface area contributed by atoms with E-state index in [1.54, 1.807) is 12.1 Å². The van der Waals surface area contributed by atoms with Gasteiger partial charge < -0.3 is 10.1 Å². The van der Waals surface area contributed by atoms with Gasteiger partial charge in [0, 0.05) is 6.54 Å². The molecule has 24 heavy (non-hydrogen) atoms. The van der Waals surface area contributed by atoms with E-state index in [1.165, 1.54) is 12.1 Å². The molecule has 1 amide bonds. The van der Waals surface area contributed by atoms with Crippen LogP contribution in [0.25, 0.3) is 0 Å². The molecule has 2 aromatic carbocycles. The molecule has 0 radical (unpaired) electrons. The maximum Gasteiger partial charge on any atom is 0.238 e. The van der Waals surface area contributed by atoms with Crippen molar-refractivity contribution in [2.75, 3.05) is 13.2 Å². The fourth-order valence-corrected chi connectivity index (χ4v) is 2.57. The van der Waals surface area contributed by atoms with Crippen molar-refractivity contribution in [3.63, 3.8) is 0 Å². The lowest BCUT2D eigenvalue weighted by atomic mass is 10.1. The largest absolute Gasteiger partial charge is 0.493 e. The number of amides is 1. The first kappa shape index (κ1) is 18.0. The van der Waals surface area contributed by atoms with Gasteiger partial charge in [-0.3, -0.25) is 4.79 Å². The summed E-state index contributed by atoms with van der Waals surface area (Å²) in [6.45, 7) is 0.789. The normalized spacial score (nSPS) is 11.0. The van der Waals surface area contributed by atoms with Gasteiger partial charge in [-0.25, -0.2) is 13.6 Å². The van der Waals surface area contributed by atoms with Crippen molar-refractivity contribution in [2.45, 2.75) is 17.7 Å². The Morgan fingerprint density at radius 3 is 2.33 bits per heavy atom. The average molecular weight is 348 g/mol. The fraction of sp³-hybridized carbons (Fsp3) is 0.235. The van der Waals surface area contributed by atoms with Crippen molar-refractivity contribution < 1.29 is 17.9 Å². The molecular formula is C17H20N2O4S. The van der Waals surface area contributed by atoms with Crippen LogP contribution in [-0.2, 0) is 21.2 Å². The van der Waals surface area contributed by atoms with Crippen LogP contribution >= 0.6 is 0 Å². The van der Waals surface area contributed by atoms with Crippen LogP contribution in [0.4, 0.5) is 0 Å². The van der Waals surface area contributed by atoms with Gasteiger partial charge in [0.15, 0.2) is 0 Å². The van der Waals surface area contributed by atoms with Gasteiger partial charge in [0.05, 0.1) is 17.9 Å². The molecule has 2 rings (SSSR count). The molecule has 0 aliphatic heterocycles. The minimum Gasteiger partial charge on any atom is -0.493 e. The van der Waals surface area contributed by atoms with Crippen molar-refractivity contribution in [1.29, 1.82) is 0 Å². The summed E-state index contributed by atoms with van der Waals surface area (Å²) >= 11 is 0. The van der Waals surface area contributed by atoms with Gasteiger partial charge in [0.2, 0.25) is 15.9 Å². The van der Waals surface area contributed by atoms with Crippen LogP contribution in [-0.4, -0.2) is 27.5 Å². The molecule has 2 aromatic rings. The molecule has 0 aliphatic carbocycles. The minimum absolute atomic E-state index is 0.0772. The van der Waals surface area contributed by atoms with E-state index in [-0.39, 0.29) is 17.2 Å². The van der Waals surface area contributed by atoms with Crippen LogP contribution in [0.1, 0.15) is 12.0 Å². The molecule has 0 spiro atoms. The third-order valence-corrected chi connectivity index (χ3v) is 4.26. The molecule has 0 saturated carbocycles. The van der Waals surface area contributed by atoms with E-state index >= 15 is 0 Å². The predicted molar refractivity (Wildman–Crippen MR) is 91.1 cm³/mol. The van der Waals surface area contributed by atoms with Gasteiger partial charge in [0.25, 0.3) is 0 Å². The van der Waals surface area contributed by atoms with E-state index in [0.717, 1.165) is 11.3 Å². The number of benzene rings is 2. The molecule has 0 unspecified atom stereocenters. The molecule has 0 aliphatic rings. The number of para-hydroxylation sites is 1. The smallest absolute Gasteiger partial charge is 0.238 e. The van der Waals surface area contributed by atoms with Crippen molar-refractivity contribution in [3.8, 4) is 5.75 Å². The Bertz CT molecular complexity index is 759. The second-order valence-corrected chi connectivity index (χ2v) is 6.76. The molecule has 6 nitrogen and oxygen atoms in total. The zero-order valence-electron chi connectivity index (χ0n) is 13.1. The standard InChI is InChI=1S/C17H20N2O4S/c18-24(21,22)16-8-6-14(7-9-16)10-12-19-17(20)11-13-23-15-4-2-1-3-5-15/h1-9H,10-13H2,(H,19,20)(H2,18,21,22). The highest BCUT2D eigenvalue weighted by Crippen LogP contribution is 2.09. The second kappa shape index (κ2) is 8.47. The van der Waals surface area contributed by atoms with E-state index in [9.17, 15) is 13.2 Å². The zero-order valence-corrected chi connectivity index (χ0v) is 14.0. The first-order valence-corrected chi connectivity index (χ1v) is 9.06. The maximum atomic E-state index is 11.7. The van der Waals surface area contributed by atoms with Crippen LogP contribution in [0, 0.1) is 0 Å². The molecule has 128 valence electrons. The summed E-state index contributed by atoms with van der Waals surface area (Å²) in [4.78, 5) is 11.8. The molecule has 3 N–H and O–H groups in total. The van der Waals surface area contributed by atoms with E-state index in [1.807, 2.05) is 30.3 Å². The first-order valence-electron chi connectivity index (χ1n) is 7.51. The molecule has 0 heterocycles. The van der Waals surface area contributed by atoms with Crippen molar-refractivity contribution in [3.05, 3.63) is 60.2 Å². The van der Waals surface area contributed by atoms with E-state index in [2.05, 4.69) is 5.32 Å². The lowest BCUT2D eigenvalue weighted by molar-refractivity contribution is -0.121. The number of carbonyl (C=O) groups excluding carboxylic acids is 1. The quantitative estimate of drug-likeness (QED) is 0.754. The lowest BCUT2D eigenvalue weighted by Crippen LogP contribution is -2.27. The number of hydrogen-bond donors (Lipinski definition) is 2. The molecule has 0 atom stereocenters. The highest BCUT2D eigenvalue weighted by atomic mass is 32.2. The Hall–Kier alpha value is -2.38. The Morgan fingerprint density at radius 2 is 1.71 bits per heavy atom. The Labute approximate surface area is 141 Å². The number of hydrogen-bond acceptors (Lipinski definition) is 4. The van der Waals surface area contributed by atoms with Crippen LogP contribution in [0.5, 0.6) is 5.75 Å². The summed E-state index contributed by atoms with van der Waals surface area (Å²) in [6.07, 6.45) is 0.884. The van der Waals surface area contributed by atoms with Crippen molar-refractivity contribution in [1.82, 2.24) is 5.32 Å². The summed E-state index contributed by atoms with van der Waals surface area (Å²) in [5, 5.41) is 7.84. The Morgan fingerprint density at radius 1 is 1.04 bits per heavy atom. The summed E-state index contributed by atoms with van der Waals surface area (Å²) < 4.78 is 27.8. The Balaban J connectivity index is 1.67. The monoisotopic (exact) mass is 348 g/mol. The number of primary sulfonamides is 1. The van der Waals surface area contributed by atoms with Crippen LogP contribution in [0.2, 0.25) is 0 Å². The van der Waals surface area contributed by atoms with Gasteiger partial charge in [-0.2, -0.15) is 0 Å². The summed E-state index contributed by atoms with van der Waals surface area (Å²) in [7, 11) is -3.67. The summed E-state index contributed by atoms with van der Waals surface area (Å²) in [5.74, 6) is 0.646. The number of sulfonamides is 1. The van der Waals surface area contributed by atoms with Gasteiger partial charge in [-0.15, -0.1) is 0 Å². The van der Waals surface area contributed by atoms with Crippen LogP contribution in [0.3, 0.4) is 0 Å². The average Bonchev–Trinajstić information content (AvgIpc) is 2.55. The van der Waals surface area contributed by atoms with E-state index < -0.39 is 10.0 Å². The summed E-state index contributed by atoms with van der Waals surface area (Å²) in [5.41, 5.74) is 0.920. The molecule has 0 fully saturated rings. The Kier molecular flexibility index (Phi) is 6.34. The van der Waals surface area contributed by atoms with Crippen molar-refractivity contribution >= 4 is 15.9 Å². The zero-order chi connectivity index (χ0) is 17.4. The van der Waals surface area contributed by atoms with E-state index in [0.29, 0.717) is 19.6 Å². The molecule has 0 aromatic heterocycles.